The van der Waals surface area contributed by atoms with Gasteiger partial charge in [-0.2, -0.15) is 0 Å². The quantitative estimate of drug-likeness (QED) is 0.298. The number of hydrogen-bond acceptors (Lipinski definition) is 7. The number of alkyl carbamates (subject to hydrolysis) is 1. The van der Waals surface area contributed by atoms with Gasteiger partial charge in [0.05, 0.1) is 13.2 Å². The summed E-state index contributed by atoms with van der Waals surface area (Å²) in [6, 6.07) is 3.92. The van der Waals surface area contributed by atoms with Crippen molar-refractivity contribution in [3.8, 4) is 0 Å². The van der Waals surface area contributed by atoms with E-state index in [1.807, 2.05) is 26.0 Å². The molecule has 13 heteroatoms. The third-order valence-corrected chi connectivity index (χ3v) is 12.4. The molecule has 0 aromatic heterocycles. The van der Waals surface area contributed by atoms with Crippen molar-refractivity contribution in [3.63, 3.8) is 0 Å². The van der Waals surface area contributed by atoms with Gasteiger partial charge in [-0.25, -0.2) is 9.59 Å². The molecule has 0 spiro atoms. The van der Waals surface area contributed by atoms with E-state index in [1.54, 1.807) is 31.7 Å². The lowest BCUT2D eigenvalue weighted by Crippen LogP contribution is -2.58. The summed E-state index contributed by atoms with van der Waals surface area (Å²) in [6.45, 7) is 15.3. The normalized spacial score (nSPS) is 30.8. The number of cyclic esters (lactones) is 1. The summed E-state index contributed by atoms with van der Waals surface area (Å²) in [4.78, 5) is 68.5. The molecule has 1 saturated heterocycles. The standard InChI is InChI=1S/C35H51N4O8P/c1-8-24-17-35(24,48(7,44)45)37-29(40)27-16-25-19-39(27)30(41)28(33(2,3)4)36-31(42)46-21-34(5,6)15-10-9-12-22-13-11-14-23-18-38(20-26(22)23)32(43)47-25/h8,11,13-14,24-25,27-28H,1,9-10,12,15-21H2,2-7H3,(H,36,42)(H,37,40)(H,44,45)/t24-,25+,27-,28+,35-/m0/s1. The highest BCUT2D eigenvalue weighted by atomic mass is 31.2. The number of amides is 4. The summed E-state index contributed by atoms with van der Waals surface area (Å²) < 4.78 is 24.5. The first-order valence-electron chi connectivity index (χ1n) is 16.9. The Morgan fingerprint density at radius 3 is 2.52 bits per heavy atom. The number of aryl methyl sites for hydroxylation is 1. The van der Waals surface area contributed by atoms with E-state index < -0.39 is 66.2 Å². The second kappa shape index (κ2) is 13.2. The Labute approximate surface area is 283 Å². The highest BCUT2D eigenvalue weighted by Gasteiger charge is 2.64. The second-order valence-electron chi connectivity index (χ2n) is 15.9. The first kappa shape index (κ1) is 35.9. The van der Waals surface area contributed by atoms with E-state index in [9.17, 15) is 28.6 Å². The van der Waals surface area contributed by atoms with Gasteiger partial charge in [-0.3, -0.25) is 19.1 Å². The molecule has 1 saturated carbocycles. The fourth-order valence-electron chi connectivity index (χ4n) is 7.25. The van der Waals surface area contributed by atoms with Gasteiger partial charge in [0.2, 0.25) is 19.2 Å². The molecule has 3 heterocycles. The van der Waals surface area contributed by atoms with Crippen LogP contribution in [0.4, 0.5) is 9.59 Å². The summed E-state index contributed by atoms with van der Waals surface area (Å²) in [7, 11) is -3.81. The van der Waals surface area contributed by atoms with Gasteiger partial charge in [0, 0.05) is 32.1 Å². The zero-order chi connectivity index (χ0) is 35.2. The van der Waals surface area contributed by atoms with Crippen molar-refractivity contribution in [2.24, 2.45) is 16.7 Å². The Morgan fingerprint density at radius 1 is 1.17 bits per heavy atom. The van der Waals surface area contributed by atoms with Gasteiger partial charge in [-0.15, -0.1) is 6.58 Å². The van der Waals surface area contributed by atoms with Crippen LogP contribution in [-0.2, 0) is 43.1 Å². The highest BCUT2D eigenvalue weighted by molar-refractivity contribution is 7.59. The van der Waals surface area contributed by atoms with Gasteiger partial charge in [0.1, 0.15) is 23.5 Å². The average Bonchev–Trinajstić information content (AvgIpc) is 3.31. The minimum atomic E-state index is -3.81. The van der Waals surface area contributed by atoms with Gasteiger partial charge in [-0.1, -0.05) is 65.3 Å². The van der Waals surface area contributed by atoms with E-state index in [0.717, 1.165) is 36.8 Å². The molecule has 12 nitrogen and oxygen atoms in total. The van der Waals surface area contributed by atoms with Gasteiger partial charge in [0.15, 0.2) is 0 Å². The molecule has 2 fully saturated rings. The Balaban J connectivity index is 1.45. The topological polar surface area (TPSA) is 155 Å². The summed E-state index contributed by atoms with van der Waals surface area (Å²) in [5.41, 5.74) is 2.31. The number of nitrogens with one attached hydrogen (secondary N) is 2. The molecule has 4 aliphatic rings. The average molecular weight is 687 g/mol. The molecule has 3 N–H and O–H groups in total. The van der Waals surface area contributed by atoms with Crippen molar-refractivity contribution >= 4 is 31.4 Å². The van der Waals surface area contributed by atoms with Gasteiger partial charge in [-0.05, 0) is 53.2 Å². The van der Waals surface area contributed by atoms with E-state index in [-0.39, 0.29) is 31.4 Å². The van der Waals surface area contributed by atoms with Crippen LogP contribution in [0.1, 0.15) is 83.4 Å². The first-order chi connectivity index (χ1) is 22.3. The Morgan fingerprint density at radius 2 is 1.88 bits per heavy atom. The number of carbonyl (C=O) groups is 4. The number of fused-ring (bicyclic) bond motifs is 3. The lowest BCUT2D eigenvalue weighted by atomic mass is 9.85. The molecule has 0 radical (unpaired) electrons. The largest absolute Gasteiger partial charge is 0.449 e. The van der Waals surface area contributed by atoms with Crippen molar-refractivity contribution in [3.05, 3.63) is 47.5 Å². The zero-order valence-electron chi connectivity index (χ0n) is 29.0. The van der Waals surface area contributed by atoms with Crippen LogP contribution in [0.5, 0.6) is 0 Å². The molecule has 1 aromatic carbocycles. The number of rotatable bonds is 4. The summed E-state index contributed by atoms with van der Waals surface area (Å²) in [5.74, 6) is -1.57. The van der Waals surface area contributed by atoms with Crippen LogP contribution < -0.4 is 10.6 Å². The predicted molar refractivity (Wildman–Crippen MR) is 180 cm³/mol. The first-order valence-corrected chi connectivity index (χ1v) is 19.0. The number of ether oxygens (including phenoxy) is 2. The molecule has 264 valence electrons. The minimum Gasteiger partial charge on any atom is -0.449 e. The van der Waals surface area contributed by atoms with Gasteiger partial charge in [0.25, 0.3) is 0 Å². The summed E-state index contributed by atoms with van der Waals surface area (Å²) >= 11 is 0. The molecule has 6 atom stereocenters. The van der Waals surface area contributed by atoms with Crippen molar-refractivity contribution in [2.75, 3.05) is 19.8 Å². The maximum absolute atomic E-state index is 14.3. The summed E-state index contributed by atoms with van der Waals surface area (Å²) in [5, 5.41) is 4.15. The molecule has 1 unspecified atom stereocenters. The molecule has 4 amide bonds. The van der Waals surface area contributed by atoms with Crippen LogP contribution in [0.15, 0.2) is 30.9 Å². The lowest BCUT2D eigenvalue weighted by Gasteiger charge is -2.35. The number of carbonyl (C=O) groups excluding carboxylic acids is 4. The molecule has 5 rings (SSSR count). The lowest BCUT2D eigenvalue weighted by molar-refractivity contribution is -0.142. The smallest absolute Gasteiger partial charge is 0.410 e. The van der Waals surface area contributed by atoms with Crippen LogP contribution in [0.3, 0.4) is 0 Å². The van der Waals surface area contributed by atoms with Crippen molar-refractivity contribution < 1.29 is 38.1 Å². The monoisotopic (exact) mass is 686 g/mol. The Bertz CT molecular complexity index is 1520. The molecule has 48 heavy (non-hydrogen) atoms. The van der Waals surface area contributed by atoms with E-state index in [1.165, 1.54) is 17.1 Å². The molecule has 3 aliphatic heterocycles. The van der Waals surface area contributed by atoms with Crippen molar-refractivity contribution in [1.29, 1.82) is 0 Å². The van der Waals surface area contributed by atoms with Crippen molar-refractivity contribution in [1.82, 2.24) is 20.4 Å². The highest BCUT2D eigenvalue weighted by Crippen LogP contribution is 2.67. The second-order valence-corrected chi connectivity index (χ2v) is 18.4. The zero-order valence-corrected chi connectivity index (χ0v) is 29.9. The third kappa shape index (κ3) is 7.44. The van der Waals surface area contributed by atoms with Crippen LogP contribution >= 0.6 is 7.37 Å². The minimum absolute atomic E-state index is 0.0148. The third-order valence-electron chi connectivity index (χ3n) is 10.3. The SMILES string of the molecule is C=C[C@H]1C[C@]1(NC(=O)[C@@H]1C[C@@H]2CN1C(=O)[C@H](C(C)(C)C)NC(=O)OCC(C)(C)CCCCc1cccc3c1CN(C3)C(=O)O2)P(C)(=O)O. The fourth-order valence-corrected chi connectivity index (χ4v) is 8.82. The number of hydrogen-bond donors (Lipinski definition) is 3. The predicted octanol–water partition coefficient (Wildman–Crippen LogP) is 4.92. The molecule has 1 aliphatic carbocycles. The van der Waals surface area contributed by atoms with Gasteiger partial charge >= 0.3 is 12.2 Å². The summed E-state index contributed by atoms with van der Waals surface area (Å²) in [6.07, 6.45) is 3.22. The molecule has 1 aromatic rings. The number of benzene rings is 1. The fraction of sp³-hybridized carbons (Fsp3) is 0.657. The van der Waals surface area contributed by atoms with E-state index in [2.05, 4.69) is 23.3 Å². The number of nitrogens with zero attached hydrogens (tertiary/aromatic N) is 2. The molecular weight excluding hydrogens is 635 g/mol. The van der Waals surface area contributed by atoms with Crippen LogP contribution in [0.25, 0.3) is 0 Å². The van der Waals surface area contributed by atoms with E-state index >= 15 is 0 Å². The Kier molecular flexibility index (Phi) is 9.85. The van der Waals surface area contributed by atoms with E-state index in [0.29, 0.717) is 13.1 Å². The van der Waals surface area contributed by atoms with Crippen molar-refractivity contribution in [2.45, 2.75) is 110 Å². The van der Waals surface area contributed by atoms with Crippen LogP contribution in [0, 0.1) is 16.7 Å². The van der Waals surface area contributed by atoms with Crippen LogP contribution in [-0.4, -0.2) is 82.0 Å². The maximum atomic E-state index is 14.3. The molecule has 4 bridgehead atoms. The Hall–Kier alpha value is -3.37. The van der Waals surface area contributed by atoms with Crippen LogP contribution in [0.2, 0.25) is 0 Å². The van der Waals surface area contributed by atoms with E-state index in [4.69, 9.17) is 9.47 Å². The molecular formula is C35H51N4O8P. The van der Waals surface area contributed by atoms with Gasteiger partial charge < -0.3 is 29.9 Å². The maximum Gasteiger partial charge on any atom is 0.410 e.